The van der Waals surface area contributed by atoms with E-state index in [0.717, 1.165) is 51.9 Å². The van der Waals surface area contributed by atoms with Gasteiger partial charge >= 0.3 is 0 Å². The number of hydrogen-bond acceptors (Lipinski definition) is 3. The molecule has 1 heterocycles. The van der Waals surface area contributed by atoms with Gasteiger partial charge in [-0.05, 0) is 61.1 Å². The maximum Gasteiger partial charge on any atom is 0.129 e. The highest BCUT2D eigenvalue weighted by Gasteiger charge is 2.22. The first kappa shape index (κ1) is 17.2. The molecule has 3 aromatic rings. The Kier molecular flexibility index (Phi) is 4.62. The Morgan fingerprint density at radius 3 is 2.60 bits per heavy atom. The number of methoxy groups -OCH3 is 1. The number of aromatic nitrogens is 3. The molecule has 0 saturated heterocycles. The summed E-state index contributed by atoms with van der Waals surface area (Å²) in [5.74, 6) is 0.935. The van der Waals surface area contributed by atoms with Crippen LogP contribution in [-0.4, -0.2) is 22.5 Å². The van der Waals surface area contributed by atoms with Crippen LogP contribution in [-0.2, 0) is 0 Å². The maximum atomic E-state index is 5.77. The Labute approximate surface area is 148 Å². The van der Waals surface area contributed by atoms with Crippen LogP contribution in [0.1, 0.15) is 42.0 Å². The van der Waals surface area contributed by atoms with Crippen LogP contribution < -0.4 is 4.74 Å². The van der Waals surface area contributed by atoms with Crippen molar-refractivity contribution in [2.45, 2.75) is 40.5 Å². The molecule has 1 N–H and O–H groups in total. The quantitative estimate of drug-likeness (QED) is 0.682. The molecule has 0 aliphatic carbocycles. The van der Waals surface area contributed by atoms with E-state index in [9.17, 15) is 0 Å². The molecule has 4 heteroatoms. The summed E-state index contributed by atoms with van der Waals surface area (Å²) in [5, 5.41) is 11.2. The number of allylic oxidation sites excluding steroid dienone is 1. The van der Waals surface area contributed by atoms with Crippen molar-refractivity contribution >= 4 is 16.6 Å². The highest BCUT2D eigenvalue weighted by Crippen LogP contribution is 2.43. The minimum absolute atomic E-state index is 0.894. The third kappa shape index (κ3) is 2.72. The lowest BCUT2D eigenvalue weighted by Crippen LogP contribution is -2.03. The normalized spacial score (nSPS) is 11.1. The summed E-state index contributed by atoms with van der Waals surface area (Å²) in [6, 6.07) is 6.14. The largest absolute Gasteiger partial charge is 0.496 e. The van der Waals surface area contributed by atoms with Crippen LogP contribution in [0.2, 0.25) is 0 Å². The van der Waals surface area contributed by atoms with E-state index < -0.39 is 0 Å². The van der Waals surface area contributed by atoms with Gasteiger partial charge in [-0.25, -0.2) is 0 Å². The molecule has 0 unspecified atom stereocenters. The average Bonchev–Trinajstić information content (AvgIpc) is 3.07. The van der Waals surface area contributed by atoms with Crippen molar-refractivity contribution < 1.29 is 4.74 Å². The van der Waals surface area contributed by atoms with Crippen molar-refractivity contribution in [3.8, 4) is 16.9 Å². The molecule has 0 aliphatic heterocycles. The standard InChI is InChI=1S/C21H25N3O/c1-7-9-12(2)18-15(5)19(13(3)14(4)21(18)25-6)16-10-8-11-17-20(16)23-24-22-17/h8,10-11H,2,7,9H2,1,3-6H3,(H,22,23,24). The minimum atomic E-state index is 0.894. The second kappa shape index (κ2) is 6.71. The number of H-pyrrole nitrogens is 1. The predicted molar refractivity (Wildman–Crippen MR) is 104 cm³/mol. The molecule has 0 bridgehead atoms. The highest BCUT2D eigenvalue weighted by atomic mass is 16.5. The summed E-state index contributed by atoms with van der Waals surface area (Å²) in [4.78, 5) is 0. The zero-order valence-electron chi connectivity index (χ0n) is 15.7. The van der Waals surface area contributed by atoms with E-state index in [4.69, 9.17) is 4.74 Å². The van der Waals surface area contributed by atoms with Crippen molar-refractivity contribution in [3.63, 3.8) is 0 Å². The van der Waals surface area contributed by atoms with Crippen LogP contribution in [0.3, 0.4) is 0 Å². The Balaban J connectivity index is 2.38. The highest BCUT2D eigenvalue weighted by molar-refractivity contribution is 5.95. The van der Waals surface area contributed by atoms with Gasteiger partial charge in [-0.1, -0.05) is 37.3 Å². The lowest BCUT2D eigenvalue weighted by atomic mass is 9.84. The van der Waals surface area contributed by atoms with E-state index in [1.807, 2.05) is 12.1 Å². The summed E-state index contributed by atoms with van der Waals surface area (Å²) in [7, 11) is 1.74. The number of aromatic amines is 1. The van der Waals surface area contributed by atoms with Gasteiger partial charge in [0.2, 0.25) is 0 Å². The number of benzene rings is 2. The van der Waals surface area contributed by atoms with E-state index in [-0.39, 0.29) is 0 Å². The molecular formula is C21H25N3O. The number of hydrogen-bond donors (Lipinski definition) is 1. The molecule has 25 heavy (non-hydrogen) atoms. The lowest BCUT2D eigenvalue weighted by molar-refractivity contribution is 0.409. The second-order valence-electron chi connectivity index (χ2n) is 6.53. The number of rotatable bonds is 5. The summed E-state index contributed by atoms with van der Waals surface area (Å²) in [6.07, 6.45) is 2.01. The van der Waals surface area contributed by atoms with Crippen LogP contribution >= 0.6 is 0 Å². The lowest BCUT2D eigenvalue weighted by Gasteiger charge is -2.23. The zero-order valence-corrected chi connectivity index (χ0v) is 15.7. The van der Waals surface area contributed by atoms with E-state index in [1.165, 1.54) is 16.7 Å². The van der Waals surface area contributed by atoms with Crippen molar-refractivity contribution in [1.29, 1.82) is 0 Å². The van der Waals surface area contributed by atoms with Crippen LogP contribution in [0.25, 0.3) is 27.7 Å². The van der Waals surface area contributed by atoms with E-state index >= 15 is 0 Å². The summed E-state index contributed by atoms with van der Waals surface area (Å²) in [6.45, 7) is 12.9. The fourth-order valence-corrected chi connectivity index (χ4v) is 3.71. The van der Waals surface area contributed by atoms with E-state index in [1.54, 1.807) is 7.11 Å². The van der Waals surface area contributed by atoms with Crippen molar-refractivity contribution in [3.05, 3.63) is 47.0 Å². The number of ether oxygens (including phenoxy) is 1. The van der Waals surface area contributed by atoms with Gasteiger partial charge in [-0.2, -0.15) is 0 Å². The Hall–Kier alpha value is -2.62. The van der Waals surface area contributed by atoms with Crippen LogP contribution in [0, 0.1) is 20.8 Å². The summed E-state index contributed by atoms with van der Waals surface area (Å²) in [5.41, 5.74) is 9.92. The molecule has 0 fully saturated rings. The second-order valence-corrected chi connectivity index (χ2v) is 6.53. The molecule has 0 radical (unpaired) electrons. The van der Waals surface area contributed by atoms with Gasteiger partial charge in [-0.3, -0.25) is 5.10 Å². The Bertz CT molecular complexity index is 953. The van der Waals surface area contributed by atoms with Gasteiger partial charge in [0.15, 0.2) is 0 Å². The fourth-order valence-electron chi connectivity index (χ4n) is 3.71. The van der Waals surface area contributed by atoms with E-state index in [2.05, 4.69) is 55.8 Å². The smallest absolute Gasteiger partial charge is 0.129 e. The monoisotopic (exact) mass is 335 g/mol. The molecule has 3 rings (SSSR count). The van der Waals surface area contributed by atoms with Crippen molar-refractivity contribution in [1.82, 2.24) is 15.4 Å². The average molecular weight is 335 g/mol. The first-order valence-corrected chi connectivity index (χ1v) is 8.67. The number of fused-ring (bicyclic) bond motifs is 1. The molecular weight excluding hydrogens is 310 g/mol. The van der Waals surface area contributed by atoms with Crippen LogP contribution in [0.15, 0.2) is 24.8 Å². The molecule has 4 nitrogen and oxygen atoms in total. The first-order chi connectivity index (χ1) is 12.0. The zero-order chi connectivity index (χ0) is 18.1. The van der Waals surface area contributed by atoms with Gasteiger partial charge in [0, 0.05) is 11.1 Å². The predicted octanol–water partition coefficient (Wildman–Crippen LogP) is 5.37. The molecule has 0 spiro atoms. The van der Waals surface area contributed by atoms with Gasteiger partial charge in [0.1, 0.15) is 11.3 Å². The number of nitrogens with one attached hydrogen (secondary N) is 1. The molecule has 0 aliphatic rings. The third-order valence-corrected chi connectivity index (χ3v) is 4.99. The van der Waals surface area contributed by atoms with Gasteiger partial charge in [0.05, 0.1) is 12.6 Å². The van der Waals surface area contributed by atoms with Crippen LogP contribution in [0.4, 0.5) is 0 Å². The van der Waals surface area contributed by atoms with Crippen LogP contribution in [0.5, 0.6) is 5.75 Å². The van der Waals surface area contributed by atoms with E-state index in [0.29, 0.717) is 0 Å². The first-order valence-electron chi connectivity index (χ1n) is 8.67. The summed E-state index contributed by atoms with van der Waals surface area (Å²) >= 11 is 0. The molecule has 2 aromatic carbocycles. The molecule has 1 aromatic heterocycles. The maximum absolute atomic E-state index is 5.77. The molecule has 0 atom stereocenters. The topological polar surface area (TPSA) is 50.8 Å². The fraction of sp³-hybridized carbons (Fsp3) is 0.333. The van der Waals surface area contributed by atoms with Crippen molar-refractivity contribution in [2.75, 3.05) is 7.11 Å². The molecule has 130 valence electrons. The van der Waals surface area contributed by atoms with Gasteiger partial charge < -0.3 is 4.74 Å². The SMILES string of the molecule is C=C(CCC)c1c(C)c(-c2cccc3[nH]nnc23)c(C)c(C)c1OC. The Morgan fingerprint density at radius 2 is 1.92 bits per heavy atom. The summed E-state index contributed by atoms with van der Waals surface area (Å²) < 4.78 is 5.77. The number of nitrogens with zero attached hydrogens (tertiary/aromatic N) is 2. The Morgan fingerprint density at radius 1 is 1.16 bits per heavy atom. The third-order valence-electron chi connectivity index (χ3n) is 4.99. The van der Waals surface area contributed by atoms with Crippen molar-refractivity contribution in [2.24, 2.45) is 0 Å². The molecule has 0 saturated carbocycles. The minimum Gasteiger partial charge on any atom is -0.496 e. The van der Waals surface area contributed by atoms with Gasteiger partial charge in [-0.15, -0.1) is 5.10 Å². The molecule has 0 amide bonds. The van der Waals surface area contributed by atoms with Gasteiger partial charge in [0.25, 0.3) is 0 Å².